The Morgan fingerprint density at radius 2 is 2.05 bits per heavy atom. The second kappa shape index (κ2) is 7.13. The molecule has 1 aliphatic carbocycles. The lowest BCUT2D eigenvalue weighted by Gasteiger charge is -2.29. The standard InChI is InChI=1S/C18H33NO2/c1-4-10-18(17(20)21)11-12-19(13-18)16-7-5-6-15(8-9-16)14(2)3/h14-16H,4-13H2,1-3H3,(H,20,21). The van der Waals surface area contributed by atoms with Crippen LogP contribution in [0.1, 0.15) is 72.1 Å². The van der Waals surface area contributed by atoms with Crippen molar-refractivity contribution >= 4 is 5.97 Å². The molecule has 0 aromatic heterocycles. The number of likely N-dealkylation sites (tertiary alicyclic amines) is 1. The molecule has 1 N–H and O–H groups in total. The van der Waals surface area contributed by atoms with Crippen LogP contribution in [-0.4, -0.2) is 35.1 Å². The molecule has 2 rings (SSSR count). The van der Waals surface area contributed by atoms with E-state index in [-0.39, 0.29) is 0 Å². The minimum Gasteiger partial charge on any atom is -0.481 e. The van der Waals surface area contributed by atoms with Crippen LogP contribution in [0.15, 0.2) is 0 Å². The maximum atomic E-state index is 11.7. The van der Waals surface area contributed by atoms with E-state index in [1.54, 1.807) is 0 Å². The molecule has 0 aromatic rings. The molecule has 0 spiro atoms. The number of carbonyl (C=O) groups is 1. The van der Waals surface area contributed by atoms with Gasteiger partial charge in [-0.25, -0.2) is 0 Å². The Labute approximate surface area is 130 Å². The third-order valence-corrected chi connectivity index (χ3v) is 6.01. The molecule has 1 heterocycles. The maximum absolute atomic E-state index is 11.7. The first-order valence-corrected chi connectivity index (χ1v) is 8.96. The molecule has 3 unspecified atom stereocenters. The Morgan fingerprint density at radius 1 is 1.29 bits per heavy atom. The number of rotatable bonds is 5. The van der Waals surface area contributed by atoms with E-state index in [2.05, 4.69) is 25.7 Å². The zero-order valence-electron chi connectivity index (χ0n) is 14.1. The summed E-state index contributed by atoms with van der Waals surface area (Å²) in [6, 6.07) is 0.631. The average molecular weight is 295 g/mol. The second-order valence-corrected chi connectivity index (χ2v) is 7.72. The molecule has 1 saturated carbocycles. The largest absolute Gasteiger partial charge is 0.481 e. The summed E-state index contributed by atoms with van der Waals surface area (Å²) in [5.41, 5.74) is -0.460. The molecule has 2 fully saturated rings. The molecular weight excluding hydrogens is 262 g/mol. The van der Waals surface area contributed by atoms with Gasteiger partial charge in [-0.2, -0.15) is 0 Å². The van der Waals surface area contributed by atoms with Crippen LogP contribution in [0, 0.1) is 17.3 Å². The molecule has 3 nitrogen and oxygen atoms in total. The van der Waals surface area contributed by atoms with Crippen LogP contribution >= 0.6 is 0 Å². The Morgan fingerprint density at radius 3 is 2.67 bits per heavy atom. The molecule has 122 valence electrons. The topological polar surface area (TPSA) is 40.5 Å². The summed E-state index contributed by atoms with van der Waals surface area (Å²) < 4.78 is 0. The fourth-order valence-corrected chi connectivity index (χ4v) is 4.52. The minimum absolute atomic E-state index is 0.460. The fraction of sp³-hybridized carbons (Fsp3) is 0.944. The lowest BCUT2D eigenvalue weighted by molar-refractivity contribution is -0.148. The van der Waals surface area contributed by atoms with E-state index in [0.29, 0.717) is 6.04 Å². The van der Waals surface area contributed by atoms with E-state index in [0.717, 1.165) is 44.2 Å². The number of nitrogens with zero attached hydrogens (tertiary/aromatic N) is 1. The van der Waals surface area contributed by atoms with Gasteiger partial charge in [-0.05, 0) is 50.5 Å². The van der Waals surface area contributed by atoms with Crippen LogP contribution in [-0.2, 0) is 4.79 Å². The lowest BCUT2D eigenvalue weighted by atomic mass is 9.82. The summed E-state index contributed by atoms with van der Waals surface area (Å²) in [5.74, 6) is 1.10. The van der Waals surface area contributed by atoms with Crippen molar-refractivity contribution in [2.75, 3.05) is 13.1 Å². The second-order valence-electron chi connectivity index (χ2n) is 7.72. The van der Waals surface area contributed by atoms with Crippen LogP contribution in [0.5, 0.6) is 0 Å². The number of carboxylic acids is 1. The monoisotopic (exact) mass is 295 g/mol. The van der Waals surface area contributed by atoms with Gasteiger partial charge < -0.3 is 5.11 Å². The minimum atomic E-state index is -0.569. The van der Waals surface area contributed by atoms with E-state index < -0.39 is 11.4 Å². The van der Waals surface area contributed by atoms with Crippen molar-refractivity contribution in [1.82, 2.24) is 4.90 Å². The van der Waals surface area contributed by atoms with Crippen molar-refractivity contribution in [3.05, 3.63) is 0 Å². The van der Waals surface area contributed by atoms with E-state index in [9.17, 15) is 9.90 Å². The zero-order valence-corrected chi connectivity index (χ0v) is 14.1. The Balaban J connectivity index is 1.96. The summed E-state index contributed by atoms with van der Waals surface area (Å²) in [6.07, 6.45) is 9.20. The Hall–Kier alpha value is -0.570. The molecule has 1 saturated heterocycles. The average Bonchev–Trinajstić information content (AvgIpc) is 2.71. The lowest BCUT2D eigenvalue weighted by Crippen LogP contribution is -2.38. The van der Waals surface area contributed by atoms with Gasteiger partial charge in [0.2, 0.25) is 0 Å². The van der Waals surface area contributed by atoms with Gasteiger partial charge in [0.15, 0.2) is 0 Å². The van der Waals surface area contributed by atoms with Crippen LogP contribution in [0.3, 0.4) is 0 Å². The fourth-order valence-electron chi connectivity index (χ4n) is 4.52. The molecule has 0 amide bonds. The van der Waals surface area contributed by atoms with Crippen LogP contribution in [0.4, 0.5) is 0 Å². The summed E-state index contributed by atoms with van der Waals surface area (Å²) in [5, 5.41) is 9.65. The smallest absolute Gasteiger partial charge is 0.310 e. The summed E-state index contributed by atoms with van der Waals surface area (Å²) in [6.45, 7) is 8.57. The quantitative estimate of drug-likeness (QED) is 0.774. The van der Waals surface area contributed by atoms with Crippen LogP contribution in [0.2, 0.25) is 0 Å². The first kappa shape index (κ1) is 16.8. The molecule has 2 aliphatic rings. The molecule has 1 aliphatic heterocycles. The molecule has 0 bridgehead atoms. The van der Waals surface area contributed by atoms with Crippen molar-refractivity contribution in [1.29, 1.82) is 0 Å². The molecule has 3 heteroatoms. The van der Waals surface area contributed by atoms with Gasteiger partial charge in [0.25, 0.3) is 0 Å². The first-order chi connectivity index (χ1) is 9.98. The predicted octanol–water partition coefficient (Wildman–Crippen LogP) is 4.17. The van der Waals surface area contributed by atoms with Gasteiger partial charge in [0.05, 0.1) is 5.41 Å². The highest BCUT2D eigenvalue weighted by Gasteiger charge is 2.45. The van der Waals surface area contributed by atoms with Crippen molar-refractivity contribution in [3.63, 3.8) is 0 Å². The summed E-state index contributed by atoms with van der Waals surface area (Å²) in [4.78, 5) is 14.2. The van der Waals surface area contributed by atoms with E-state index in [4.69, 9.17) is 0 Å². The number of hydrogen-bond acceptors (Lipinski definition) is 2. The molecule has 0 radical (unpaired) electrons. The first-order valence-electron chi connectivity index (χ1n) is 8.96. The SMILES string of the molecule is CCCC1(C(=O)O)CCN(C2CCCC(C(C)C)CC2)C1. The Kier molecular flexibility index (Phi) is 5.70. The van der Waals surface area contributed by atoms with Crippen LogP contribution in [0.25, 0.3) is 0 Å². The number of hydrogen-bond donors (Lipinski definition) is 1. The molecule has 3 atom stereocenters. The Bertz CT molecular complexity index is 355. The highest BCUT2D eigenvalue weighted by atomic mass is 16.4. The number of carboxylic acid groups (broad SMARTS) is 1. The van der Waals surface area contributed by atoms with Crippen molar-refractivity contribution in [2.45, 2.75) is 78.2 Å². The van der Waals surface area contributed by atoms with Gasteiger partial charge in [-0.3, -0.25) is 9.69 Å². The van der Waals surface area contributed by atoms with E-state index in [1.807, 2.05) is 0 Å². The third-order valence-electron chi connectivity index (χ3n) is 6.01. The van der Waals surface area contributed by atoms with Gasteiger partial charge in [-0.1, -0.05) is 40.0 Å². The maximum Gasteiger partial charge on any atom is 0.310 e. The van der Waals surface area contributed by atoms with E-state index in [1.165, 1.54) is 32.1 Å². The van der Waals surface area contributed by atoms with Gasteiger partial charge in [0, 0.05) is 12.6 Å². The van der Waals surface area contributed by atoms with Gasteiger partial charge >= 0.3 is 5.97 Å². The van der Waals surface area contributed by atoms with Gasteiger partial charge in [-0.15, -0.1) is 0 Å². The molecular formula is C18H33NO2. The van der Waals surface area contributed by atoms with Crippen molar-refractivity contribution < 1.29 is 9.90 Å². The van der Waals surface area contributed by atoms with Crippen molar-refractivity contribution in [3.8, 4) is 0 Å². The summed E-state index contributed by atoms with van der Waals surface area (Å²) in [7, 11) is 0. The van der Waals surface area contributed by atoms with Gasteiger partial charge in [0.1, 0.15) is 0 Å². The third kappa shape index (κ3) is 3.80. The zero-order chi connectivity index (χ0) is 15.5. The van der Waals surface area contributed by atoms with E-state index >= 15 is 0 Å². The normalized spacial score (nSPS) is 35.0. The predicted molar refractivity (Wildman–Crippen MR) is 86.4 cm³/mol. The van der Waals surface area contributed by atoms with Crippen LogP contribution < -0.4 is 0 Å². The molecule has 0 aromatic carbocycles. The molecule has 21 heavy (non-hydrogen) atoms. The highest BCUT2D eigenvalue weighted by Crippen LogP contribution is 2.39. The van der Waals surface area contributed by atoms with Crippen molar-refractivity contribution in [2.24, 2.45) is 17.3 Å². The highest BCUT2D eigenvalue weighted by molar-refractivity contribution is 5.75. The summed E-state index contributed by atoms with van der Waals surface area (Å²) >= 11 is 0. The number of aliphatic carboxylic acids is 1.